The highest BCUT2D eigenvalue weighted by Crippen LogP contribution is 2.28. The Morgan fingerprint density at radius 2 is 1.93 bits per heavy atom. The van der Waals surface area contributed by atoms with E-state index in [9.17, 15) is 0 Å². The molecule has 0 fully saturated rings. The molecule has 0 aliphatic rings. The first-order chi connectivity index (χ1) is 6.52. The van der Waals surface area contributed by atoms with Crippen molar-refractivity contribution in [3.05, 3.63) is 22.6 Å². The fourth-order valence-electron chi connectivity index (χ4n) is 1.53. The Morgan fingerprint density at radius 3 is 2.36 bits per heavy atom. The average Bonchev–Trinajstić information content (AvgIpc) is 2.48. The van der Waals surface area contributed by atoms with Crippen LogP contribution in [0.4, 0.5) is 0 Å². The van der Waals surface area contributed by atoms with Crippen LogP contribution in [-0.2, 0) is 0 Å². The minimum Gasteiger partial charge on any atom is -0.468 e. The van der Waals surface area contributed by atoms with Crippen molar-refractivity contribution in [2.24, 2.45) is 0 Å². The lowest BCUT2D eigenvalue weighted by Gasteiger charge is -2.22. The molecule has 1 heterocycles. The second kappa shape index (κ2) is 4.99. The molecule has 14 heavy (non-hydrogen) atoms. The van der Waals surface area contributed by atoms with Crippen LogP contribution < -0.4 is 5.32 Å². The second-order valence-electron chi connectivity index (χ2n) is 4.03. The van der Waals surface area contributed by atoms with Gasteiger partial charge in [0, 0.05) is 18.0 Å². The molecule has 0 saturated heterocycles. The summed E-state index contributed by atoms with van der Waals surface area (Å²) in [6, 6.07) is 2.85. The van der Waals surface area contributed by atoms with Crippen LogP contribution >= 0.6 is 15.9 Å². The molecular weight excluding hydrogens is 242 g/mol. The number of hydrogen-bond donors (Lipinski definition) is 1. The van der Waals surface area contributed by atoms with E-state index in [-0.39, 0.29) is 0 Å². The Hall–Kier alpha value is -0.280. The third kappa shape index (κ3) is 2.85. The molecule has 1 rings (SSSR count). The first-order valence-corrected chi connectivity index (χ1v) is 5.80. The van der Waals surface area contributed by atoms with Crippen molar-refractivity contribution in [1.82, 2.24) is 5.32 Å². The van der Waals surface area contributed by atoms with Crippen LogP contribution in [0.1, 0.15) is 39.4 Å². The van der Waals surface area contributed by atoms with Gasteiger partial charge in [-0.15, -0.1) is 0 Å². The molecule has 3 heteroatoms. The molecular formula is C11H18BrNO. The summed E-state index contributed by atoms with van der Waals surface area (Å²) in [4.78, 5) is 0. The molecule has 2 nitrogen and oxygen atoms in total. The van der Waals surface area contributed by atoms with Gasteiger partial charge in [-0.1, -0.05) is 20.8 Å². The van der Waals surface area contributed by atoms with E-state index in [2.05, 4.69) is 48.9 Å². The minimum absolute atomic E-state index is 0.377. The van der Waals surface area contributed by atoms with Crippen molar-refractivity contribution in [2.75, 3.05) is 0 Å². The first-order valence-electron chi connectivity index (χ1n) is 5.01. The Kier molecular flexibility index (Phi) is 4.20. The van der Waals surface area contributed by atoms with E-state index < -0.39 is 0 Å². The molecule has 80 valence electrons. The zero-order chi connectivity index (χ0) is 10.7. The van der Waals surface area contributed by atoms with Gasteiger partial charge in [0.1, 0.15) is 5.76 Å². The third-order valence-corrected chi connectivity index (χ3v) is 3.06. The summed E-state index contributed by atoms with van der Waals surface area (Å²) in [5.74, 6) is 1.40. The largest absolute Gasteiger partial charge is 0.468 e. The molecule has 0 bridgehead atoms. The van der Waals surface area contributed by atoms with Gasteiger partial charge >= 0.3 is 0 Å². The van der Waals surface area contributed by atoms with Crippen molar-refractivity contribution >= 4 is 15.9 Å². The molecule has 0 amide bonds. The molecule has 0 aliphatic heterocycles. The maximum Gasteiger partial charge on any atom is 0.122 e. The summed E-state index contributed by atoms with van der Waals surface area (Å²) >= 11 is 3.48. The van der Waals surface area contributed by atoms with Gasteiger partial charge in [0.05, 0.1) is 10.7 Å². The van der Waals surface area contributed by atoms with Crippen molar-refractivity contribution in [1.29, 1.82) is 0 Å². The number of furan rings is 1. The fourth-order valence-corrected chi connectivity index (χ4v) is 2.09. The Labute approximate surface area is 94.2 Å². The molecule has 0 aliphatic carbocycles. The van der Waals surface area contributed by atoms with Crippen LogP contribution in [0.3, 0.4) is 0 Å². The molecule has 0 radical (unpaired) electrons. The second-order valence-corrected chi connectivity index (χ2v) is 4.89. The lowest BCUT2D eigenvalue weighted by molar-refractivity contribution is 0.382. The normalized spacial score (nSPS) is 15.9. The van der Waals surface area contributed by atoms with Gasteiger partial charge in [-0.2, -0.15) is 0 Å². The smallest absolute Gasteiger partial charge is 0.122 e. The first kappa shape index (κ1) is 11.8. The van der Waals surface area contributed by atoms with Gasteiger partial charge in [0.25, 0.3) is 0 Å². The van der Waals surface area contributed by atoms with E-state index in [4.69, 9.17) is 4.42 Å². The summed E-state index contributed by atoms with van der Waals surface area (Å²) in [7, 11) is 0. The maximum atomic E-state index is 5.44. The van der Waals surface area contributed by atoms with E-state index in [1.165, 1.54) is 0 Å². The van der Waals surface area contributed by atoms with E-state index in [1.54, 1.807) is 6.26 Å². The van der Waals surface area contributed by atoms with E-state index in [0.717, 1.165) is 10.2 Å². The quantitative estimate of drug-likeness (QED) is 0.895. The van der Waals surface area contributed by atoms with Crippen LogP contribution in [-0.4, -0.2) is 12.1 Å². The Balaban J connectivity index is 2.65. The summed E-state index contributed by atoms with van der Waals surface area (Å²) in [6.07, 6.45) is 1.72. The van der Waals surface area contributed by atoms with Crippen molar-refractivity contribution in [2.45, 2.75) is 45.7 Å². The predicted octanol–water partition coefficient (Wildman–Crippen LogP) is 3.53. The topological polar surface area (TPSA) is 25.2 Å². The van der Waals surface area contributed by atoms with Gasteiger partial charge < -0.3 is 9.73 Å². The number of nitrogens with one attached hydrogen (secondary N) is 1. The zero-order valence-electron chi connectivity index (χ0n) is 9.17. The lowest BCUT2D eigenvalue weighted by Crippen LogP contribution is -2.36. The van der Waals surface area contributed by atoms with Crippen LogP contribution in [0, 0.1) is 0 Å². The van der Waals surface area contributed by atoms with Gasteiger partial charge in [0.2, 0.25) is 0 Å². The van der Waals surface area contributed by atoms with Gasteiger partial charge in [0.15, 0.2) is 0 Å². The maximum absolute atomic E-state index is 5.44. The molecule has 1 aromatic heterocycles. The van der Waals surface area contributed by atoms with Crippen LogP contribution in [0.25, 0.3) is 0 Å². The highest BCUT2D eigenvalue weighted by atomic mass is 79.9. The number of hydrogen-bond acceptors (Lipinski definition) is 2. The summed E-state index contributed by atoms with van der Waals surface area (Å²) in [5.41, 5.74) is 0. The van der Waals surface area contributed by atoms with E-state index in [0.29, 0.717) is 18.0 Å². The number of rotatable bonds is 4. The molecule has 2 unspecified atom stereocenters. The third-order valence-electron chi connectivity index (χ3n) is 2.40. The van der Waals surface area contributed by atoms with E-state index in [1.807, 2.05) is 6.07 Å². The van der Waals surface area contributed by atoms with Crippen molar-refractivity contribution in [3.63, 3.8) is 0 Å². The van der Waals surface area contributed by atoms with Crippen LogP contribution in [0.15, 0.2) is 21.2 Å². The molecule has 0 aromatic carbocycles. The monoisotopic (exact) mass is 259 g/mol. The minimum atomic E-state index is 0.377. The van der Waals surface area contributed by atoms with Crippen LogP contribution in [0.5, 0.6) is 0 Å². The number of halogens is 1. The van der Waals surface area contributed by atoms with Gasteiger partial charge in [-0.05, 0) is 28.9 Å². The molecule has 2 atom stereocenters. The zero-order valence-corrected chi connectivity index (χ0v) is 10.8. The fraction of sp³-hybridized carbons (Fsp3) is 0.636. The molecule has 0 saturated carbocycles. The Morgan fingerprint density at radius 1 is 1.29 bits per heavy atom. The Bertz CT molecular complexity index is 283. The van der Waals surface area contributed by atoms with Crippen molar-refractivity contribution < 1.29 is 4.42 Å². The van der Waals surface area contributed by atoms with Crippen molar-refractivity contribution in [3.8, 4) is 0 Å². The standard InChI is InChI=1S/C11H18BrNO/c1-7(2)13-9(4)8(3)11-10(12)5-6-14-11/h5-9,13H,1-4H3. The summed E-state index contributed by atoms with van der Waals surface area (Å²) in [6.45, 7) is 8.66. The van der Waals surface area contributed by atoms with E-state index >= 15 is 0 Å². The lowest BCUT2D eigenvalue weighted by atomic mass is 10.0. The molecule has 1 N–H and O–H groups in total. The highest BCUT2D eigenvalue weighted by molar-refractivity contribution is 9.10. The summed E-state index contributed by atoms with van der Waals surface area (Å²) in [5, 5.41) is 3.48. The van der Waals surface area contributed by atoms with Gasteiger partial charge in [-0.25, -0.2) is 0 Å². The molecule has 1 aromatic rings. The van der Waals surface area contributed by atoms with Crippen LogP contribution in [0.2, 0.25) is 0 Å². The predicted molar refractivity (Wildman–Crippen MR) is 62.6 cm³/mol. The SMILES string of the molecule is CC(C)NC(C)C(C)c1occc1Br. The summed E-state index contributed by atoms with van der Waals surface area (Å²) < 4.78 is 6.50. The highest BCUT2D eigenvalue weighted by Gasteiger charge is 2.19. The van der Waals surface area contributed by atoms with Gasteiger partial charge in [-0.3, -0.25) is 0 Å². The molecule has 0 spiro atoms. The average molecular weight is 260 g/mol.